The average molecular weight is 716 g/mol. The number of hydrogen-bond donors (Lipinski definition) is 12. The van der Waals surface area contributed by atoms with Gasteiger partial charge in [0.05, 0.1) is 18.2 Å². The number of ether oxygens (including phenoxy) is 6. The summed E-state index contributed by atoms with van der Waals surface area (Å²) in [5, 5.41) is 122. The number of aliphatic hydroxyl groups is 8. The van der Waals surface area contributed by atoms with E-state index < -0.39 is 122 Å². The van der Waals surface area contributed by atoms with Crippen molar-refractivity contribution in [1.82, 2.24) is 0 Å². The molecule has 0 saturated carbocycles. The van der Waals surface area contributed by atoms with Gasteiger partial charge < -0.3 is 89.7 Å². The van der Waals surface area contributed by atoms with E-state index in [1.54, 1.807) is 0 Å². The van der Waals surface area contributed by atoms with Crippen LogP contribution in [0.4, 0.5) is 0 Å². The third-order valence-corrected chi connectivity index (χ3v) is 8.05. The number of benzene rings is 2. The van der Waals surface area contributed by atoms with Crippen LogP contribution in [0.3, 0.4) is 0 Å². The summed E-state index contributed by atoms with van der Waals surface area (Å²) in [5.74, 6) is -6.13. The maximum atomic E-state index is 11.7. The molecule has 0 aliphatic carbocycles. The van der Waals surface area contributed by atoms with E-state index in [9.17, 15) is 65.8 Å². The molecular weight excluding hydrogens is 680 g/mol. The molecule has 0 bridgehead atoms. The van der Waals surface area contributed by atoms with Crippen LogP contribution in [-0.2, 0) is 28.5 Å². The minimum atomic E-state index is -1.95. The predicted octanol–water partition coefficient (Wildman–Crippen LogP) is -3.13. The van der Waals surface area contributed by atoms with Gasteiger partial charge in [-0.1, -0.05) is 0 Å². The first-order valence-electron chi connectivity index (χ1n) is 14.8. The standard InChI is InChI=1S/C30H34O20/c31-7-17-22(39)24(41)26(43)30(49-17)48-16-5-11-14(46-28(16)9-1-12(33)21(38)13(34)2-9)3-10(32)4-15(11)47-29-27(44)25(42)23(40)18(50-29)8-45-20(37)6-19(35)36/h1-5,17-18,22-34,38-44H,6-8H2,(H,35,36)/p+1/t17-,18-,22-,23-,24+,25+,26-,27-,28?,29-,30-/m1/s1. The van der Waals surface area contributed by atoms with Gasteiger partial charge in [-0.2, -0.15) is 0 Å². The number of aromatic hydroxyl groups is 5. The molecule has 13 N–H and O–H groups in total. The average Bonchev–Trinajstić information content (AvgIpc) is 3.06. The first-order chi connectivity index (χ1) is 23.6. The van der Waals surface area contributed by atoms with E-state index >= 15 is 0 Å². The summed E-state index contributed by atoms with van der Waals surface area (Å²) < 4.78 is 31.9. The molecule has 20 nitrogen and oxygen atoms in total. The van der Waals surface area contributed by atoms with Crippen molar-refractivity contribution in [3.05, 3.63) is 41.2 Å². The second kappa shape index (κ2) is 14.7. The van der Waals surface area contributed by atoms with E-state index in [1.807, 2.05) is 0 Å². The summed E-state index contributed by atoms with van der Waals surface area (Å²) in [4.78, 5) is 22.5. The minimum absolute atomic E-state index is 0.0199. The van der Waals surface area contributed by atoms with Crippen LogP contribution in [0.2, 0.25) is 0 Å². The third-order valence-electron chi connectivity index (χ3n) is 8.05. The first kappa shape index (κ1) is 36.6. The Morgan fingerprint density at radius 2 is 1.34 bits per heavy atom. The van der Waals surface area contributed by atoms with Crippen molar-refractivity contribution in [3.63, 3.8) is 0 Å². The van der Waals surface area contributed by atoms with E-state index in [1.165, 1.54) is 6.08 Å². The number of phenols is 4. The fraction of sp³-hybridized carbons (Fsp3) is 0.467. The van der Waals surface area contributed by atoms with Gasteiger partial charge in [-0.25, -0.2) is 0 Å². The van der Waals surface area contributed by atoms with Crippen LogP contribution in [0.5, 0.6) is 34.5 Å². The van der Waals surface area contributed by atoms with Crippen LogP contribution in [0.25, 0.3) is 6.08 Å². The topological polar surface area (TPSA) is 336 Å². The van der Waals surface area contributed by atoms with Gasteiger partial charge in [0.2, 0.25) is 12.6 Å². The highest BCUT2D eigenvalue weighted by Crippen LogP contribution is 2.48. The van der Waals surface area contributed by atoms with Gasteiger partial charge in [0.25, 0.3) is 11.9 Å². The molecule has 0 aromatic heterocycles. The molecule has 20 heteroatoms. The Kier molecular flexibility index (Phi) is 10.8. The lowest BCUT2D eigenvalue weighted by atomic mass is 9.98. The molecule has 2 aromatic rings. The van der Waals surface area contributed by atoms with Crippen LogP contribution in [0, 0.1) is 0 Å². The SMILES string of the molecule is O=C(O)CC(=O)OC[C@H]1O[C@@H](Oc2cc(O)cc3c2C=C(O[C@@H]2O[C@H](CO)[C@@H](O)[C@H](O)[C@H]2O)C(c2cc(O)c(O)c(O)c2)[OH+]3)[C@H](O)[C@@H](O)[C@@H]1O. The fourth-order valence-electron chi connectivity index (χ4n) is 5.42. The van der Waals surface area contributed by atoms with Crippen molar-refractivity contribution in [1.29, 1.82) is 0 Å². The number of esters is 1. The molecule has 3 aliphatic heterocycles. The van der Waals surface area contributed by atoms with Crippen molar-refractivity contribution in [3.8, 4) is 34.5 Å². The minimum Gasteiger partial charge on any atom is -0.571 e. The summed E-state index contributed by atoms with van der Waals surface area (Å²) in [6.07, 6.45) is -18.8. The summed E-state index contributed by atoms with van der Waals surface area (Å²) in [6, 6.07) is 4.21. The molecule has 0 radical (unpaired) electrons. The Morgan fingerprint density at radius 1 is 0.760 bits per heavy atom. The second-order valence-corrected chi connectivity index (χ2v) is 11.6. The van der Waals surface area contributed by atoms with Crippen LogP contribution in [0.1, 0.15) is 23.7 Å². The normalized spacial score (nSPS) is 32.2. The quantitative estimate of drug-likeness (QED) is 0.0500. The maximum Gasteiger partial charge on any atom is 0.317 e. The van der Waals surface area contributed by atoms with Gasteiger partial charge in [-0.15, -0.1) is 0 Å². The van der Waals surface area contributed by atoms with Crippen molar-refractivity contribution >= 4 is 18.0 Å². The largest absolute Gasteiger partial charge is 0.571 e. The number of phenolic OH excluding ortho intramolecular Hbond substituents is 4. The molecule has 0 spiro atoms. The molecular formula is C30H35O20+. The molecule has 0 amide bonds. The number of aliphatic hydroxyl groups excluding tert-OH is 7. The molecule has 2 aromatic carbocycles. The molecule has 274 valence electrons. The van der Waals surface area contributed by atoms with Gasteiger partial charge in [0, 0.05) is 12.1 Å². The highest BCUT2D eigenvalue weighted by molar-refractivity contribution is 5.90. The molecule has 50 heavy (non-hydrogen) atoms. The van der Waals surface area contributed by atoms with Crippen LogP contribution in [0.15, 0.2) is 30.0 Å². The second-order valence-electron chi connectivity index (χ2n) is 11.6. The molecule has 5 rings (SSSR count). The van der Waals surface area contributed by atoms with Crippen molar-refractivity contribution in [2.75, 3.05) is 13.2 Å². The van der Waals surface area contributed by atoms with Gasteiger partial charge in [-0.05, 0) is 12.1 Å². The van der Waals surface area contributed by atoms with Crippen LogP contribution >= 0.6 is 0 Å². The lowest BCUT2D eigenvalue weighted by Crippen LogP contribution is -2.60. The van der Waals surface area contributed by atoms with Crippen LogP contribution < -0.4 is 4.74 Å². The molecule has 3 heterocycles. The molecule has 1 unspecified atom stereocenters. The van der Waals surface area contributed by atoms with Crippen molar-refractivity contribution in [2.24, 2.45) is 0 Å². The van der Waals surface area contributed by atoms with E-state index in [4.69, 9.17) is 28.8 Å². The van der Waals surface area contributed by atoms with E-state index in [2.05, 4.69) is 4.74 Å². The Labute approximate surface area is 280 Å². The third kappa shape index (κ3) is 7.43. The Hall–Kier alpha value is -4.64. The van der Waals surface area contributed by atoms with E-state index in [0.717, 1.165) is 24.3 Å². The lowest BCUT2D eigenvalue weighted by Gasteiger charge is -2.41. The number of carboxylic acids is 1. The van der Waals surface area contributed by atoms with Gasteiger partial charge in [-0.3, -0.25) is 9.59 Å². The van der Waals surface area contributed by atoms with Crippen molar-refractivity contribution < 1.29 is 99.3 Å². The summed E-state index contributed by atoms with van der Waals surface area (Å²) >= 11 is 0. The molecule has 11 atom stereocenters. The number of carboxylic acid groups (broad SMARTS) is 1. The number of hydrogen-bond acceptors (Lipinski definition) is 18. The molecule has 2 saturated heterocycles. The number of carbonyl (C=O) groups is 2. The van der Waals surface area contributed by atoms with Gasteiger partial charge >= 0.3 is 11.9 Å². The maximum absolute atomic E-state index is 11.7. The number of rotatable bonds is 10. The summed E-state index contributed by atoms with van der Waals surface area (Å²) in [6.45, 7) is -1.54. The smallest absolute Gasteiger partial charge is 0.317 e. The summed E-state index contributed by atoms with van der Waals surface area (Å²) in [7, 11) is 0. The van der Waals surface area contributed by atoms with E-state index in [0.29, 0.717) is 0 Å². The number of fused-ring (bicyclic) bond motifs is 1. The first-order valence-corrected chi connectivity index (χ1v) is 14.8. The van der Waals surface area contributed by atoms with Crippen LogP contribution in [-0.4, -0.2) is 153 Å². The zero-order valence-electron chi connectivity index (χ0n) is 25.5. The molecule has 2 fully saturated rings. The van der Waals surface area contributed by atoms with E-state index in [-0.39, 0.29) is 28.4 Å². The van der Waals surface area contributed by atoms with Crippen molar-refractivity contribution in [2.45, 2.75) is 73.9 Å². The van der Waals surface area contributed by atoms with Gasteiger partial charge in [0.1, 0.15) is 78.9 Å². The molecule has 3 aliphatic rings. The number of aliphatic carboxylic acids is 1. The Bertz CT molecular complexity index is 1590. The Balaban J connectivity index is 1.50. The fourth-order valence-corrected chi connectivity index (χ4v) is 5.42. The zero-order chi connectivity index (χ0) is 36.6. The Morgan fingerprint density at radius 3 is 1.94 bits per heavy atom. The number of carbonyl (C=O) groups excluding carboxylic acids is 1. The zero-order valence-corrected chi connectivity index (χ0v) is 25.5. The lowest BCUT2D eigenvalue weighted by molar-refractivity contribution is -0.295. The van der Waals surface area contributed by atoms with Gasteiger partial charge in [0.15, 0.2) is 23.0 Å². The summed E-state index contributed by atoms with van der Waals surface area (Å²) in [5.41, 5.74) is -0.0414. The predicted molar refractivity (Wildman–Crippen MR) is 157 cm³/mol. The highest BCUT2D eigenvalue weighted by Gasteiger charge is 2.48. The highest BCUT2D eigenvalue weighted by atomic mass is 16.7. The monoisotopic (exact) mass is 715 g/mol.